The maximum Gasteiger partial charge on any atom is -0.0103 e. The Morgan fingerprint density at radius 3 is 0.846 bits per heavy atom. The lowest BCUT2D eigenvalue weighted by Crippen LogP contribution is -2.08. The Bertz CT molecular complexity index is 4020. The molecule has 0 aliphatic carbocycles. The van der Waals surface area contributed by atoms with Crippen molar-refractivity contribution < 1.29 is 0 Å². The Labute approximate surface area is 555 Å². The monoisotopic (exact) mass is 1210 g/mol. The molecule has 0 saturated heterocycles. The van der Waals surface area contributed by atoms with Gasteiger partial charge in [0, 0.05) is 0 Å². The number of benzene rings is 12. The van der Waals surface area contributed by atoms with Gasteiger partial charge in [-0.15, -0.1) is 0 Å². The van der Waals surface area contributed by atoms with Crippen molar-refractivity contribution in [1.29, 1.82) is 0 Å². The van der Waals surface area contributed by atoms with Crippen molar-refractivity contribution in [2.75, 3.05) is 0 Å². The van der Waals surface area contributed by atoms with Crippen LogP contribution in [0.1, 0.15) is 187 Å². The molecule has 0 fully saturated rings. The Hall–Kier alpha value is -7.54. The Morgan fingerprint density at radius 1 is 0.165 bits per heavy atom. The number of hydrogen-bond donors (Lipinski definition) is 0. The third-order valence-electron chi connectivity index (χ3n) is 14.7. The van der Waals surface area contributed by atoms with E-state index < -0.39 is 0 Å². The first-order valence-corrected chi connectivity index (χ1v) is 34.4. The largest absolute Gasteiger partial charge is 0.0683 e. The minimum atomic E-state index is 0.332. The molecule has 0 aliphatic heterocycles. The molecule has 12 rings (SSSR count). The average molecular weight is 1210 g/mol. The van der Waals surface area contributed by atoms with Gasteiger partial charge in [-0.05, 0) is 175 Å². The van der Waals surface area contributed by atoms with Crippen molar-refractivity contribution in [3.63, 3.8) is 0 Å². The molecule has 0 aliphatic rings. The zero-order valence-electron chi connectivity index (χ0n) is 61.1. The summed E-state index contributed by atoms with van der Waals surface area (Å²) in [4.78, 5) is 0. The molecule has 0 N–H and O–H groups in total. The molecule has 0 heterocycles. The molecule has 0 amide bonds. The second-order valence-electron chi connectivity index (χ2n) is 29.4. The first kappa shape index (κ1) is 75.9. The van der Waals surface area contributed by atoms with Gasteiger partial charge in [0.1, 0.15) is 0 Å². The van der Waals surface area contributed by atoms with Crippen LogP contribution in [0.5, 0.6) is 0 Å². The second kappa shape index (κ2) is 35.9. The highest BCUT2D eigenvalue weighted by Crippen LogP contribution is 2.32. The summed E-state index contributed by atoms with van der Waals surface area (Å²) in [6.07, 6.45) is 5.66. The van der Waals surface area contributed by atoms with Crippen molar-refractivity contribution in [1.82, 2.24) is 0 Å². The zero-order valence-corrected chi connectivity index (χ0v) is 61.1. The van der Waals surface area contributed by atoms with Gasteiger partial charge >= 0.3 is 0 Å². The van der Waals surface area contributed by atoms with Gasteiger partial charge in [0.15, 0.2) is 0 Å². The van der Waals surface area contributed by atoms with Gasteiger partial charge < -0.3 is 0 Å². The van der Waals surface area contributed by atoms with E-state index in [-0.39, 0.29) is 0 Å². The molecule has 91 heavy (non-hydrogen) atoms. The summed E-state index contributed by atoms with van der Waals surface area (Å²) >= 11 is 0. The van der Waals surface area contributed by atoms with Crippen LogP contribution in [0.15, 0.2) is 237 Å². The van der Waals surface area contributed by atoms with Crippen LogP contribution in [0.2, 0.25) is 0 Å². The van der Waals surface area contributed by atoms with Crippen molar-refractivity contribution in [2.24, 2.45) is 27.1 Å². The minimum absolute atomic E-state index is 0.332. The molecule has 0 nitrogen and oxygen atoms in total. The lowest BCUT2D eigenvalue weighted by molar-refractivity contribution is 0.411. The Morgan fingerprint density at radius 2 is 0.407 bits per heavy atom. The molecular formula is C91H118. The van der Waals surface area contributed by atoms with Crippen LogP contribution in [0.4, 0.5) is 0 Å². The van der Waals surface area contributed by atoms with Crippen LogP contribution >= 0.6 is 0 Å². The fourth-order valence-corrected chi connectivity index (χ4v) is 11.4. The molecule has 0 bridgehead atoms. The zero-order chi connectivity index (χ0) is 67.6. The molecule has 0 spiro atoms. The van der Waals surface area contributed by atoms with Crippen LogP contribution in [-0.4, -0.2) is 0 Å². The van der Waals surface area contributed by atoms with Crippen molar-refractivity contribution in [2.45, 2.75) is 191 Å². The van der Waals surface area contributed by atoms with Gasteiger partial charge in [0.05, 0.1) is 0 Å². The third-order valence-corrected chi connectivity index (χ3v) is 14.7. The van der Waals surface area contributed by atoms with Crippen molar-refractivity contribution in [3.8, 4) is 0 Å². The SMILES string of the molecule is CC.CC.CC.CC.CC(C)(C)Cc1ccc2c(ccc3ccccc32)c1.CC(C)(C)Cc1ccc2cc3ccccc3cc2c1.CC(C)(C)Cc1ccc2ccc3ccccc3c2c1.CC(C)(C)Cc1ccc2ccccc2c1.CC(C)(C)Cc1ccccc1. The first-order chi connectivity index (χ1) is 43.2. The summed E-state index contributed by atoms with van der Waals surface area (Å²) in [6, 6.07) is 85.9. The van der Waals surface area contributed by atoms with Gasteiger partial charge in [-0.2, -0.15) is 0 Å². The van der Waals surface area contributed by atoms with E-state index in [2.05, 4.69) is 340 Å². The van der Waals surface area contributed by atoms with E-state index in [1.165, 1.54) is 103 Å². The lowest BCUT2D eigenvalue weighted by atomic mass is 9.87. The minimum Gasteiger partial charge on any atom is -0.0683 e. The number of rotatable bonds is 5. The molecule has 0 unspecified atom stereocenters. The van der Waals surface area contributed by atoms with E-state index in [0.29, 0.717) is 27.1 Å². The molecule has 0 saturated carbocycles. The molecule has 0 heteroatoms. The molecule has 0 aromatic heterocycles. The van der Waals surface area contributed by atoms with E-state index in [4.69, 9.17) is 0 Å². The van der Waals surface area contributed by atoms with E-state index in [0.717, 1.165) is 32.1 Å². The van der Waals surface area contributed by atoms with Crippen LogP contribution in [-0.2, 0) is 32.1 Å². The molecular weight excluding hydrogens is 1090 g/mol. The van der Waals surface area contributed by atoms with Crippen LogP contribution in [0, 0.1) is 27.1 Å². The van der Waals surface area contributed by atoms with Gasteiger partial charge in [-0.1, -0.05) is 384 Å². The van der Waals surface area contributed by atoms with Crippen LogP contribution < -0.4 is 0 Å². The highest BCUT2D eigenvalue weighted by molar-refractivity contribution is 6.08. The summed E-state index contributed by atoms with van der Waals surface area (Å²) < 4.78 is 0. The predicted octanol–water partition coefficient (Wildman–Crippen LogP) is 28.6. The molecule has 0 atom stereocenters. The quantitative estimate of drug-likeness (QED) is 0.119. The van der Waals surface area contributed by atoms with E-state index in [9.17, 15) is 0 Å². The van der Waals surface area contributed by atoms with Gasteiger partial charge in [-0.25, -0.2) is 0 Å². The predicted molar refractivity (Wildman–Crippen MR) is 416 cm³/mol. The Balaban J connectivity index is 0.000000238. The fourth-order valence-electron chi connectivity index (χ4n) is 11.4. The second-order valence-corrected chi connectivity index (χ2v) is 29.4. The van der Waals surface area contributed by atoms with Crippen LogP contribution in [0.25, 0.3) is 75.4 Å². The summed E-state index contributed by atoms with van der Waals surface area (Å²) in [7, 11) is 0. The highest BCUT2D eigenvalue weighted by Gasteiger charge is 2.16. The molecule has 482 valence electrons. The maximum absolute atomic E-state index is 2.36. The summed E-state index contributed by atoms with van der Waals surface area (Å²) in [5.41, 5.74) is 8.92. The molecule has 12 aromatic carbocycles. The molecule has 0 radical (unpaired) electrons. The van der Waals surface area contributed by atoms with Crippen molar-refractivity contribution in [3.05, 3.63) is 264 Å². The summed E-state index contributed by atoms with van der Waals surface area (Å²) in [5.74, 6) is 0. The molecule has 12 aromatic rings. The summed E-state index contributed by atoms with van der Waals surface area (Å²) in [5, 5.41) is 18.7. The standard InChI is InChI=1S/3C19H20.C15H18.C11H16.4C2H6/c1-19(2,3)13-14-8-11-18-16(12-14)10-9-15-6-4-5-7-17(15)18;1-19(2,3)13-14-8-9-17-11-15-6-4-5-7-16(15)12-18(17)10-14;1-19(2,3)13-14-8-9-16-11-10-15-6-4-5-7-17(15)18(16)12-14;1-15(2,3)11-12-8-9-13-6-4-5-7-14(13)10-12;1-11(2,3)9-10-7-5-4-6-8-10;4*1-2/h3*4-12H,13H2,1-3H3;4-10H,11H2,1-3H3;4-8H,9H2,1-3H3;4*1-2H3. The lowest BCUT2D eigenvalue weighted by Gasteiger charge is -2.18. The number of hydrogen-bond acceptors (Lipinski definition) is 0. The topological polar surface area (TPSA) is 0 Å². The van der Waals surface area contributed by atoms with Gasteiger partial charge in [0.25, 0.3) is 0 Å². The summed E-state index contributed by atoms with van der Waals surface area (Å²) in [6.45, 7) is 50.2. The fraction of sp³-hybridized carbons (Fsp3) is 0.363. The number of fused-ring (bicyclic) bond motifs is 9. The van der Waals surface area contributed by atoms with Gasteiger partial charge in [-0.3, -0.25) is 0 Å². The van der Waals surface area contributed by atoms with Gasteiger partial charge in [0.2, 0.25) is 0 Å². The normalized spacial score (nSPS) is 11.2. The smallest absolute Gasteiger partial charge is 0.0103 e. The van der Waals surface area contributed by atoms with Crippen molar-refractivity contribution >= 4 is 75.4 Å². The average Bonchev–Trinajstić information content (AvgIpc) is 0.874. The maximum atomic E-state index is 2.36. The van der Waals surface area contributed by atoms with E-state index >= 15 is 0 Å². The van der Waals surface area contributed by atoms with E-state index in [1.54, 1.807) is 0 Å². The Kier molecular flexibility index (Phi) is 29.9. The first-order valence-electron chi connectivity index (χ1n) is 34.4. The highest BCUT2D eigenvalue weighted by atomic mass is 14.2. The van der Waals surface area contributed by atoms with Crippen LogP contribution in [0.3, 0.4) is 0 Å². The van der Waals surface area contributed by atoms with E-state index in [1.807, 2.05) is 55.4 Å². The third kappa shape index (κ3) is 25.9.